The molecule has 0 saturated carbocycles. The molecular weight excluding hydrogens is 663 g/mol. The Morgan fingerprint density at radius 2 is 1.87 bits per heavy atom. The van der Waals surface area contributed by atoms with Gasteiger partial charge in [-0.3, -0.25) is 9.36 Å². The van der Waals surface area contributed by atoms with Crippen molar-refractivity contribution in [2.24, 2.45) is 4.99 Å². The average molecular weight is 696 g/mol. The summed E-state index contributed by atoms with van der Waals surface area (Å²) in [5.41, 5.74) is 2.26. The zero-order chi connectivity index (χ0) is 32.2. The lowest BCUT2D eigenvalue weighted by molar-refractivity contribution is -0.143. The van der Waals surface area contributed by atoms with Crippen LogP contribution in [0.1, 0.15) is 50.4 Å². The van der Waals surface area contributed by atoms with Crippen LogP contribution in [-0.4, -0.2) is 30.4 Å². The Labute approximate surface area is 272 Å². The van der Waals surface area contributed by atoms with E-state index in [1.54, 1.807) is 57.2 Å². The van der Waals surface area contributed by atoms with Crippen molar-refractivity contribution in [1.82, 2.24) is 4.57 Å². The highest BCUT2D eigenvalue weighted by molar-refractivity contribution is 9.10. The van der Waals surface area contributed by atoms with Gasteiger partial charge in [0, 0.05) is 5.56 Å². The van der Waals surface area contributed by atoms with Gasteiger partial charge >= 0.3 is 5.97 Å². The molecule has 2 heterocycles. The molecule has 234 valence electrons. The summed E-state index contributed by atoms with van der Waals surface area (Å²) in [6, 6.07) is 16.5. The Balaban J connectivity index is 1.57. The van der Waals surface area contributed by atoms with Gasteiger partial charge in [0.2, 0.25) is 0 Å². The maximum absolute atomic E-state index is 14.1. The summed E-state index contributed by atoms with van der Waals surface area (Å²) in [5.74, 6) is 0.597. The Bertz CT molecular complexity index is 1950. The molecule has 0 aliphatic carbocycles. The number of halogens is 2. The molecule has 1 atom stereocenters. The number of aromatic nitrogens is 1. The first-order valence-electron chi connectivity index (χ1n) is 14.3. The number of esters is 1. The van der Waals surface area contributed by atoms with Gasteiger partial charge < -0.3 is 18.9 Å². The molecule has 1 aliphatic rings. The van der Waals surface area contributed by atoms with Crippen LogP contribution in [0.2, 0.25) is 0 Å². The summed E-state index contributed by atoms with van der Waals surface area (Å²) in [5, 5.41) is 0. The summed E-state index contributed by atoms with van der Waals surface area (Å²) in [7, 11) is 1.51. The summed E-state index contributed by atoms with van der Waals surface area (Å²) < 4.78 is 39.4. The second-order valence-electron chi connectivity index (χ2n) is 10.5. The predicted molar refractivity (Wildman–Crippen MR) is 174 cm³/mol. The molecule has 3 aromatic carbocycles. The van der Waals surface area contributed by atoms with Gasteiger partial charge in [-0.2, -0.15) is 0 Å². The number of ether oxygens (including phenoxy) is 4. The number of carbonyl (C=O) groups is 1. The number of hydrogen-bond donors (Lipinski definition) is 0. The standard InChI is InChI=1S/C34H32BrFN2O6S/c1-6-42-24-13-11-22(12-14-24)30-29(33(40)44-19(2)3)20(4)37-34-38(30)32(39)28(45-34)17-21-15-25(35)31(27(16-21)41-5)43-18-23-9-7-8-10-26(23)36/h7-17,19,30H,6,18H2,1-5H3/b28-17+/t30-/m1/s1. The van der Waals surface area contributed by atoms with Gasteiger partial charge in [0.15, 0.2) is 16.3 Å². The first-order chi connectivity index (χ1) is 21.6. The van der Waals surface area contributed by atoms with E-state index in [9.17, 15) is 14.0 Å². The van der Waals surface area contributed by atoms with Gasteiger partial charge in [0.05, 0.1) is 46.1 Å². The molecule has 4 aromatic rings. The van der Waals surface area contributed by atoms with E-state index < -0.39 is 12.0 Å². The molecule has 1 aliphatic heterocycles. The Morgan fingerprint density at radius 3 is 2.53 bits per heavy atom. The Morgan fingerprint density at radius 1 is 1.13 bits per heavy atom. The van der Waals surface area contributed by atoms with E-state index >= 15 is 0 Å². The molecule has 0 bridgehead atoms. The van der Waals surface area contributed by atoms with Crippen LogP contribution in [0.3, 0.4) is 0 Å². The molecule has 8 nitrogen and oxygen atoms in total. The average Bonchev–Trinajstić information content (AvgIpc) is 3.30. The maximum atomic E-state index is 14.1. The van der Waals surface area contributed by atoms with Crippen molar-refractivity contribution in [3.63, 3.8) is 0 Å². The van der Waals surface area contributed by atoms with Crippen molar-refractivity contribution in [2.45, 2.75) is 46.4 Å². The van der Waals surface area contributed by atoms with E-state index in [4.69, 9.17) is 18.9 Å². The number of nitrogens with zero attached hydrogens (tertiary/aromatic N) is 2. The van der Waals surface area contributed by atoms with Crippen LogP contribution in [0, 0.1) is 5.82 Å². The van der Waals surface area contributed by atoms with Crippen LogP contribution in [0.25, 0.3) is 6.08 Å². The summed E-state index contributed by atoms with van der Waals surface area (Å²) >= 11 is 4.76. The molecule has 0 fully saturated rings. The molecule has 0 unspecified atom stereocenters. The number of allylic oxidation sites excluding steroid dienone is 1. The quantitative estimate of drug-likeness (QED) is 0.187. The topological polar surface area (TPSA) is 88.4 Å². The molecule has 0 N–H and O–H groups in total. The molecule has 0 saturated heterocycles. The van der Waals surface area contributed by atoms with Gasteiger partial charge in [0.25, 0.3) is 5.56 Å². The van der Waals surface area contributed by atoms with Gasteiger partial charge in [-0.1, -0.05) is 41.7 Å². The van der Waals surface area contributed by atoms with Crippen molar-refractivity contribution in [2.75, 3.05) is 13.7 Å². The van der Waals surface area contributed by atoms with E-state index in [-0.39, 0.29) is 24.1 Å². The number of fused-ring (bicyclic) bond motifs is 1. The fourth-order valence-corrected chi connectivity index (χ4v) is 6.59. The minimum atomic E-state index is -0.749. The van der Waals surface area contributed by atoms with Crippen LogP contribution in [0.5, 0.6) is 17.2 Å². The first kappa shape index (κ1) is 32.2. The maximum Gasteiger partial charge on any atom is 0.338 e. The van der Waals surface area contributed by atoms with Gasteiger partial charge in [-0.05, 0) is 91.2 Å². The van der Waals surface area contributed by atoms with Crippen molar-refractivity contribution < 1.29 is 28.1 Å². The highest BCUT2D eigenvalue weighted by Crippen LogP contribution is 2.38. The summed E-state index contributed by atoms with van der Waals surface area (Å²) in [6.45, 7) is 7.72. The molecule has 5 rings (SSSR count). The minimum absolute atomic E-state index is 0.00601. The van der Waals surface area contributed by atoms with Gasteiger partial charge in [-0.25, -0.2) is 14.2 Å². The highest BCUT2D eigenvalue weighted by atomic mass is 79.9. The fraction of sp³-hybridized carbons (Fsp3) is 0.265. The van der Waals surface area contributed by atoms with E-state index in [1.165, 1.54) is 29.1 Å². The third-order valence-corrected chi connectivity index (χ3v) is 8.54. The van der Waals surface area contributed by atoms with E-state index in [2.05, 4.69) is 20.9 Å². The molecule has 1 aromatic heterocycles. The Kier molecular flexibility index (Phi) is 9.89. The Hall–Kier alpha value is -4.22. The summed E-state index contributed by atoms with van der Waals surface area (Å²) in [6.07, 6.45) is 1.38. The second kappa shape index (κ2) is 13.8. The van der Waals surface area contributed by atoms with Crippen molar-refractivity contribution in [1.29, 1.82) is 0 Å². The molecule has 0 amide bonds. The summed E-state index contributed by atoms with van der Waals surface area (Å²) in [4.78, 5) is 32.5. The number of carbonyl (C=O) groups excluding carboxylic acids is 1. The van der Waals surface area contributed by atoms with E-state index in [0.29, 0.717) is 60.1 Å². The number of rotatable bonds is 10. The number of thiazole rings is 1. The third kappa shape index (κ3) is 6.89. The monoisotopic (exact) mass is 694 g/mol. The smallest absolute Gasteiger partial charge is 0.338 e. The fourth-order valence-electron chi connectivity index (χ4n) is 4.97. The zero-order valence-electron chi connectivity index (χ0n) is 25.4. The van der Waals surface area contributed by atoms with Crippen LogP contribution < -0.4 is 29.1 Å². The number of methoxy groups -OCH3 is 1. The molecular formula is C34H32BrFN2O6S. The van der Waals surface area contributed by atoms with Gasteiger partial charge in [-0.15, -0.1) is 0 Å². The van der Waals surface area contributed by atoms with Crippen molar-refractivity contribution in [3.8, 4) is 17.2 Å². The lowest BCUT2D eigenvalue weighted by Gasteiger charge is -2.25. The van der Waals surface area contributed by atoms with Crippen LogP contribution >= 0.6 is 27.3 Å². The molecule has 45 heavy (non-hydrogen) atoms. The lowest BCUT2D eigenvalue weighted by atomic mass is 9.96. The zero-order valence-corrected chi connectivity index (χ0v) is 27.8. The first-order valence-corrected chi connectivity index (χ1v) is 15.9. The minimum Gasteiger partial charge on any atom is -0.494 e. The number of hydrogen-bond acceptors (Lipinski definition) is 8. The van der Waals surface area contributed by atoms with Gasteiger partial charge in [0.1, 0.15) is 18.2 Å². The molecule has 0 radical (unpaired) electrons. The van der Waals surface area contributed by atoms with E-state index in [0.717, 1.165) is 5.56 Å². The molecule has 11 heteroatoms. The lowest BCUT2D eigenvalue weighted by Crippen LogP contribution is -2.40. The highest BCUT2D eigenvalue weighted by Gasteiger charge is 2.34. The van der Waals surface area contributed by atoms with Crippen LogP contribution in [0.4, 0.5) is 4.39 Å². The third-order valence-electron chi connectivity index (χ3n) is 6.97. The van der Waals surface area contributed by atoms with Crippen molar-refractivity contribution in [3.05, 3.63) is 119 Å². The van der Waals surface area contributed by atoms with Crippen LogP contribution in [0.15, 0.2) is 86.2 Å². The normalized spacial score (nSPS) is 14.7. The largest absolute Gasteiger partial charge is 0.494 e. The van der Waals surface area contributed by atoms with Crippen molar-refractivity contribution >= 4 is 39.3 Å². The second-order valence-corrected chi connectivity index (χ2v) is 12.3. The van der Waals surface area contributed by atoms with E-state index in [1.807, 2.05) is 31.2 Å². The molecule has 0 spiro atoms. The number of benzene rings is 3. The predicted octanol–water partition coefficient (Wildman–Crippen LogP) is 6.07. The van der Waals surface area contributed by atoms with Crippen LogP contribution in [-0.2, 0) is 16.1 Å². The SMILES string of the molecule is CCOc1ccc([C@@H]2C(C(=O)OC(C)C)=C(C)N=c3s/c(=C/c4cc(Br)c(OCc5ccccc5F)c(OC)c4)c(=O)n32)cc1.